The van der Waals surface area contributed by atoms with E-state index in [1.807, 2.05) is 11.5 Å². The summed E-state index contributed by atoms with van der Waals surface area (Å²) < 4.78 is 1.86. The zero-order chi connectivity index (χ0) is 15.4. The van der Waals surface area contributed by atoms with Crippen LogP contribution in [0.1, 0.15) is 25.8 Å². The first-order valence-electron chi connectivity index (χ1n) is 7.58. The van der Waals surface area contributed by atoms with Crippen LogP contribution in [0.15, 0.2) is 24.3 Å². The largest absolute Gasteiger partial charge is 0.392 e. The van der Waals surface area contributed by atoms with E-state index in [-0.39, 0.29) is 17.9 Å². The monoisotopic (exact) mass is 301 g/mol. The summed E-state index contributed by atoms with van der Waals surface area (Å²) in [6, 6.07) is -0.255. The standard InChI is InChI=1S/C15H19N5O2/c1-7-10-8(3-2-4-9(10)21)12(13(7)22)20-6-19-11-14(16)17-5-18-15(11)20/h3,5-7,9-10,12-13,21-22H,2,4H2,1H3,(H2,16,17,18)/t7-,9-,10-,12-,13-/m1/s1. The van der Waals surface area contributed by atoms with E-state index in [4.69, 9.17) is 5.73 Å². The van der Waals surface area contributed by atoms with Crippen LogP contribution in [-0.2, 0) is 0 Å². The fourth-order valence-corrected chi connectivity index (χ4v) is 4.03. The van der Waals surface area contributed by atoms with Crippen LogP contribution >= 0.6 is 0 Å². The van der Waals surface area contributed by atoms with Crippen LogP contribution in [0.3, 0.4) is 0 Å². The maximum atomic E-state index is 10.7. The number of nitrogens with zero attached hydrogens (tertiary/aromatic N) is 4. The van der Waals surface area contributed by atoms with Crippen LogP contribution in [0.25, 0.3) is 11.2 Å². The van der Waals surface area contributed by atoms with E-state index >= 15 is 0 Å². The Balaban J connectivity index is 1.87. The number of hydrogen-bond acceptors (Lipinski definition) is 6. The topological polar surface area (TPSA) is 110 Å². The Morgan fingerprint density at radius 3 is 2.91 bits per heavy atom. The molecule has 1 fully saturated rings. The lowest BCUT2D eigenvalue weighted by molar-refractivity contribution is 0.0507. The zero-order valence-corrected chi connectivity index (χ0v) is 12.3. The molecule has 0 aliphatic heterocycles. The van der Waals surface area contributed by atoms with Crippen molar-refractivity contribution in [2.75, 3.05) is 5.73 Å². The molecule has 2 aliphatic rings. The number of aliphatic hydroxyl groups excluding tert-OH is 2. The van der Waals surface area contributed by atoms with Crippen molar-refractivity contribution in [2.24, 2.45) is 11.8 Å². The van der Waals surface area contributed by atoms with Crippen LogP contribution in [-0.4, -0.2) is 41.9 Å². The molecule has 7 nitrogen and oxygen atoms in total. The molecule has 2 heterocycles. The van der Waals surface area contributed by atoms with Gasteiger partial charge in [-0.25, -0.2) is 15.0 Å². The third kappa shape index (κ3) is 1.72. The summed E-state index contributed by atoms with van der Waals surface area (Å²) in [5.74, 6) is 0.312. The molecule has 0 radical (unpaired) electrons. The molecule has 116 valence electrons. The van der Waals surface area contributed by atoms with Crippen LogP contribution in [0.5, 0.6) is 0 Å². The lowest BCUT2D eigenvalue weighted by atomic mass is 9.82. The second-order valence-electron chi connectivity index (χ2n) is 6.25. The molecule has 7 heteroatoms. The molecule has 22 heavy (non-hydrogen) atoms. The van der Waals surface area contributed by atoms with Crippen molar-refractivity contribution in [3.8, 4) is 0 Å². The number of imidazole rings is 1. The molecule has 0 amide bonds. The number of rotatable bonds is 1. The Bertz CT molecular complexity index is 755. The molecule has 0 bridgehead atoms. The molecule has 2 aromatic heterocycles. The Morgan fingerprint density at radius 2 is 2.09 bits per heavy atom. The van der Waals surface area contributed by atoms with Gasteiger partial charge in [0.1, 0.15) is 11.8 Å². The second-order valence-corrected chi connectivity index (χ2v) is 6.25. The van der Waals surface area contributed by atoms with Crippen LogP contribution in [0.4, 0.5) is 5.82 Å². The van der Waals surface area contributed by atoms with Crippen LogP contribution in [0, 0.1) is 11.8 Å². The number of fused-ring (bicyclic) bond motifs is 2. The number of nitrogen functional groups attached to an aromatic ring is 1. The average molecular weight is 301 g/mol. The SMILES string of the molecule is C[C@H]1[C@@H](O)[C@H](n2cnc3c(N)ncnc32)C2=CCC[C@@H](O)[C@@H]21. The molecular weight excluding hydrogens is 282 g/mol. The van der Waals surface area contributed by atoms with Crippen molar-refractivity contribution in [2.45, 2.75) is 38.0 Å². The predicted molar refractivity (Wildman–Crippen MR) is 80.8 cm³/mol. The normalized spacial score (nSPS) is 34.7. The van der Waals surface area contributed by atoms with E-state index in [9.17, 15) is 10.2 Å². The molecule has 4 N–H and O–H groups in total. The van der Waals surface area contributed by atoms with E-state index in [1.54, 1.807) is 6.33 Å². The summed E-state index contributed by atoms with van der Waals surface area (Å²) in [6.07, 6.45) is 5.79. The Kier molecular flexibility index (Phi) is 2.95. The van der Waals surface area contributed by atoms with Crippen LogP contribution in [0.2, 0.25) is 0 Å². The van der Waals surface area contributed by atoms with Crippen molar-refractivity contribution in [1.82, 2.24) is 19.5 Å². The summed E-state index contributed by atoms with van der Waals surface area (Å²) in [6.45, 7) is 1.99. The third-order valence-corrected chi connectivity index (χ3v) is 5.10. The van der Waals surface area contributed by atoms with E-state index in [0.29, 0.717) is 17.0 Å². The summed E-state index contributed by atoms with van der Waals surface area (Å²) >= 11 is 0. The van der Waals surface area contributed by atoms with Gasteiger partial charge in [0.05, 0.1) is 24.6 Å². The lowest BCUT2D eigenvalue weighted by Gasteiger charge is -2.28. The van der Waals surface area contributed by atoms with Gasteiger partial charge < -0.3 is 20.5 Å². The Morgan fingerprint density at radius 1 is 1.27 bits per heavy atom. The smallest absolute Gasteiger partial charge is 0.166 e. The quantitative estimate of drug-likeness (QED) is 0.667. The summed E-state index contributed by atoms with van der Waals surface area (Å²) in [7, 11) is 0. The second kappa shape index (κ2) is 4.76. The van der Waals surface area contributed by atoms with Gasteiger partial charge in [0, 0.05) is 5.92 Å². The highest BCUT2D eigenvalue weighted by Gasteiger charge is 2.48. The molecule has 2 aliphatic carbocycles. The maximum absolute atomic E-state index is 10.7. The van der Waals surface area contributed by atoms with Gasteiger partial charge in [-0.1, -0.05) is 13.0 Å². The van der Waals surface area contributed by atoms with Crippen molar-refractivity contribution >= 4 is 17.0 Å². The van der Waals surface area contributed by atoms with Crippen molar-refractivity contribution in [3.63, 3.8) is 0 Å². The summed E-state index contributed by atoms with van der Waals surface area (Å²) in [4.78, 5) is 12.5. The van der Waals surface area contributed by atoms with Gasteiger partial charge in [-0.2, -0.15) is 0 Å². The van der Waals surface area contributed by atoms with E-state index in [0.717, 1.165) is 18.4 Å². The lowest BCUT2D eigenvalue weighted by Crippen LogP contribution is -2.28. The highest BCUT2D eigenvalue weighted by molar-refractivity contribution is 5.81. The molecular formula is C15H19N5O2. The van der Waals surface area contributed by atoms with Gasteiger partial charge in [0.15, 0.2) is 11.5 Å². The van der Waals surface area contributed by atoms with Gasteiger partial charge in [0.25, 0.3) is 0 Å². The fraction of sp³-hybridized carbons (Fsp3) is 0.533. The van der Waals surface area contributed by atoms with E-state index in [1.165, 1.54) is 6.33 Å². The highest BCUT2D eigenvalue weighted by atomic mass is 16.3. The minimum absolute atomic E-state index is 0.00890. The van der Waals surface area contributed by atoms with Crippen LogP contribution < -0.4 is 5.73 Å². The first kappa shape index (κ1) is 13.7. The minimum Gasteiger partial charge on any atom is -0.392 e. The van der Waals surface area contributed by atoms with E-state index in [2.05, 4.69) is 21.0 Å². The van der Waals surface area contributed by atoms with Gasteiger partial charge in [-0.3, -0.25) is 0 Å². The number of aliphatic hydroxyl groups is 2. The zero-order valence-electron chi connectivity index (χ0n) is 12.3. The number of allylic oxidation sites excluding steroid dienone is 1. The van der Waals surface area contributed by atoms with Gasteiger partial charge in [0.2, 0.25) is 0 Å². The first-order valence-corrected chi connectivity index (χ1v) is 7.58. The fourth-order valence-electron chi connectivity index (χ4n) is 4.03. The van der Waals surface area contributed by atoms with Gasteiger partial charge in [-0.05, 0) is 24.3 Å². The highest BCUT2D eigenvalue weighted by Crippen LogP contribution is 2.49. The number of aromatic nitrogens is 4. The summed E-state index contributed by atoms with van der Waals surface area (Å²) in [5.41, 5.74) is 8.08. The summed E-state index contributed by atoms with van der Waals surface area (Å²) in [5, 5.41) is 21.0. The Hall–Kier alpha value is -1.99. The molecule has 2 aromatic rings. The molecule has 4 rings (SSSR count). The van der Waals surface area contributed by atoms with E-state index < -0.39 is 12.2 Å². The molecule has 0 spiro atoms. The Labute approximate surface area is 127 Å². The molecule has 0 unspecified atom stereocenters. The number of nitrogens with two attached hydrogens (primary N) is 1. The molecule has 1 saturated carbocycles. The van der Waals surface area contributed by atoms with Crippen molar-refractivity contribution < 1.29 is 10.2 Å². The average Bonchev–Trinajstić information content (AvgIpc) is 3.02. The molecule has 0 aromatic carbocycles. The molecule has 5 atom stereocenters. The number of hydrogen-bond donors (Lipinski definition) is 3. The number of anilines is 1. The predicted octanol–water partition coefficient (Wildman–Crippen LogP) is 0.658. The van der Waals surface area contributed by atoms with Gasteiger partial charge >= 0.3 is 0 Å². The minimum atomic E-state index is -0.586. The van der Waals surface area contributed by atoms with Gasteiger partial charge in [-0.15, -0.1) is 0 Å². The third-order valence-electron chi connectivity index (χ3n) is 5.10. The molecule has 0 saturated heterocycles. The van der Waals surface area contributed by atoms with Crippen molar-refractivity contribution in [3.05, 3.63) is 24.3 Å². The maximum Gasteiger partial charge on any atom is 0.166 e. The van der Waals surface area contributed by atoms with Crippen molar-refractivity contribution in [1.29, 1.82) is 0 Å². The first-order chi connectivity index (χ1) is 10.6.